The maximum atomic E-state index is 11.8. The zero-order chi connectivity index (χ0) is 26.2. The number of imide groups is 1. The van der Waals surface area contributed by atoms with Crippen LogP contribution in [0, 0.1) is 0 Å². The highest BCUT2D eigenvalue weighted by Crippen LogP contribution is 2.19. The van der Waals surface area contributed by atoms with E-state index in [1.165, 1.54) is 17.1 Å². The number of amides is 2. The molecule has 2 heterocycles. The average Bonchev–Trinajstić information content (AvgIpc) is 3.23. The standard InChI is InChI=1S/C26H45N9O2/c27-26(19-32-15-11-28-8-1-9-29-12-16-33-20-26)21-34-17-13-30-10-14-31-18-22-2-4-23(5-3-22)35-24(36)6-7-25(35)37/h2-7,28-34H,1,8-21,27H2. The number of hydrogen-bond donors (Lipinski definition) is 8. The zero-order valence-corrected chi connectivity index (χ0v) is 21.9. The third-order valence-corrected chi connectivity index (χ3v) is 6.39. The Bertz CT molecular complexity index is 815. The normalized spacial score (nSPS) is 19.8. The Morgan fingerprint density at radius 3 is 1.89 bits per heavy atom. The fourth-order valence-electron chi connectivity index (χ4n) is 4.27. The van der Waals surface area contributed by atoms with E-state index in [-0.39, 0.29) is 17.4 Å². The van der Waals surface area contributed by atoms with Crippen LogP contribution < -0.4 is 47.9 Å². The van der Waals surface area contributed by atoms with Gasteiger partial charge in [0.1, 0.15) is 0 Å². The van der Waals surface area contributed by atoms with E-state index >= 15 is 0 Å². The summed E-state index contributed by atoms with van der Waals surface area (Å²) < 4.78 is 0. The minimum Gasteiger partial charge on any atom is -0.322 e. The second-order valence-electron chi connectivity index (χ2n) is 9.68. The Morgan fingerprint density at radius 1 is 0.730 bits per heavy atom. The van der Waals surface area contributed by atoms with Crippen LogP contribution in [-0.4, -0.2) is 102 Å². The number of nitrogens with two attached hydrogens (primary N) is 1. The number of anilines is 1. The molecule has 1 aromatic carbocycles. The predicted molar refractivity (Wildman–Crippen MR) is 149 cm³/mol. The van der Waals surface area contributed by atoms with E-state index in [0.29, 0.717) is 5.69 Å². The van der Waals surface area contributed by atoms with E-state index in [4.69, 9.17) is 5.73 Å². The van der Waals surface area contributed by atoms with Gasteiger partial charge < -0.3 is 43.0 Å². The molecule has 3 rings (SSSR count). The lowest BCUT2D eigenvalue weighted by Gasteiger charge is -2.31. The first-order valence-electron chi connectivity index (χ1n) is 13.5. The highest BCUT2D eigenvalue weighted by molar-refractivity contribution is 6.28. The smallest absolute Gasteiger partial charge is 0.258 e. The second kappa shape index (κ2) is 16.6. The van der Waals surface area contributed by atoms with Crippen molar-refractivity contribution in [2.75, 3.05) is 90.0 Å². The zero-order valence-electron chi connectivity index (χ0n) is 21.9. The molecule has 0 atom stereocenters. The third kappa shape index (κ3) is 11.0. The average molecular weight is 516 g/mol. The van der Waals surface area contributed by atoms with Crippen LogP contribution in [0.4, 0.5) is 5.69 Å². The van der Waals surface area contributed by atoms with Gasteiger partial charge in [-0.1, -0.05) is 12.1 Å². The fraction of sp³-hybridized carbons (Fsp3) is 0.615. The lowest BCUT2D eigenvalue weighted by atomic mass is 10.0. The molecule has 9 N–H and O–H groups in total. The van der Waals surface area contributed by atoms with Crippen molar-refractivity contribution in [3.05, 3.63) is 42.0 Å². The van der Waals surface area contributed by atoms with Crippen LogP contribution in [0.25, 0.3) is 0 Å². The van der Waals surface area contributed by atoms with Crippen molar-refractivity contribution < 1.29 is 9.59 Å². The molecular formula is C26H45N9O2. The summed E-state index contributed by atoms with van der Waals surface area (Å²) in [5.74, 6) is -0.595. The van der Waals surface area contributed by atoms with Gasteiger partial charge in [-0.2, -0.15) is 0 Å². The summed E-state index contributed by atoms with van der Waals surface area (Å²) in [6.45, 7) is 12.2. The minimum atomic E-state index is -0.340. The molecule has 206 valence electrons. The lowest BCUT2D eigenvalue weighted by molar-refractivity contribution is -0.119. The largest absolute Gasteiger partial charge is 0.322 e. The van der Waals surface area contributed by atoms with Crippen molar-refractivity contribution in [2.45, 2.75) is 18.5 Å². The summed E-state index contributed by atoms with van der Waals surface area (Å²) in [6, 6.07) is 7.47. The van der Waals surface area contributed by atoms with Crippen LogP contribution in [0.5, 0.6) is 0 Å². The van der Waals surface area contributed by atoms with Crippen molar-refractivity contribution in [1.29, 1.82) is 0 Å². The second-order valence-corrected chi connectivity index (χ2v) is 9.68. The molecule has 2 aliphatic heterocycles. The van der Waals surface area contributed by atoms with Crippen LogP contribution in [0.15, 0.2) is 36.4 Å². The Kier molecular flexibility index (Phi) is 13.2. The van der Waals surface area contributed by atoms with Crippen LogP contribution in [0.3, 0.4) is 0 Å². The van der Waals surface area contributed by atoms with Gasteiger partial charge in [0.2, 0.25) is 0 Å². The maximum absolute atomic E-state index is 11.8. The Labute approximate surface area is 220 Å². The van der Waals surface area contributed by atoms with Crippen LogP contribution >= 0.6 is 0 Å². The lowest BCUT2D eigenvalue weighted by Crippen LogP contribution is -2.62. The van der Waals surface area contributed by atoms with Crippen molar-refractivity contribution in [3.8, 4) is 0 Å². The van der Waals surface area contributed by atoms with Gasteiger partial charge in [-0.25, -0.2) is 4.90 Å². The molecule has 0 aromatic heterocycles. The van der Waals surface area contributed by atoms with E-state index in [9.17, 15) is 9.59 Å². The summed E-state index contributed by atoms with van der Waals surface area (Å²) in [4.78, 5) is 24.7. The molecule has 1 aromatic rings. The highest BCUT2D eigenvalue weighted by atomic mass is 16.2. The SMILES string of the molecule is NC1(CNCCNCCNCc2ccc(N3C(=O)C=CC3=O)cc2)CNCCNCCCNCCNC1. The van der Waals surface area contributed by atoms with Gasteiger partial charge in [-0.15, -0.1) is 0 Å². The fourth-order valence-corrected chi connectivity index (χ4v) is 4.27. The first-order chi connectivity index (χ1) is 18.1. The van der Waals surface area contributed by atoms with Crippen LogP contribution in [0.2, 0.25) is 0 Å². The topological polar surface area (TPSA) is 148 Å². The molecule has 0 unspecified atom stereocenters. The monoisotopic (exact) mass is 515 g/mol. The molecule has 0 bridgehead atoms. The third-order valence-electron chi connectivity index (χ3n) is 6.39. The molecule has 0 saturated carbocycles. The number of carbonyl (C=O) groups is 2. The predicted octanol–water partition coefficient (Wildman–Crippen LogP) is -2.16. The molecule has 1 fully saturated rings. The molecule has 0 radical (unpaired) electrons. The summed E-state index contributed by atoms with van der Waals surface area (Å²) in [6.07, 6.45) is 3.74. The molecular weight excluding hydrogens is 470 g/mol. The van der Waals surface area contributed by atoms with Crippen molar-refractivity contribution in [3.63, 3.8) is 0 Å². The highest BCUT2D eigenvalue weighted by Gasteiger charge is 2.25. The van der Waals surface area contributed by atoms with Gasteiger partial charge in [0.25, 0.3) is 11.8 Å². The van der Waals surface area contributed by atoms with Crippen molar-refractivity contribution >= 4 is 17.5 Å². The summed E-state index contributed by atoms with van der Waals surface area (Å²) in [5.41, 5.74) is 8.06. The van der Waals surface area contributed by atoms with Crippen molar-refractivity contribution in [1.82, 2.24) is 37.2 Å². The van der Waals surface area contributed by atoms with E-state index in [1.54, 1.807) is 12.1 Å². The van der Waals surface area contributed by atoms with E-state index in [0.717, 1.165) is 104 Å². The van der Waals surface area contributed by atoms with E-state index in [1.807, 2.05) is 12.1 Å². The summed E-state index contributed by atoms with van der Waals surface area (Å²) in [5, 5.41) is 24.3. The Morgan fingerprint density at radius 2 is 1.27 bits per heavy atom. The van der Waals surface area contributed by atoms with Crippen LogP contribution in [-0.2, 0) is 16.1 Å². The van der Waals surface area contributed by atoms with Gasteiger partial charge in [-0.05, 0) is 37.2 Å². The summed E-state index contributed by atoms with van der Waals surface area (Å²) >= 11 is 0. The number of hydrogen-bond acceptors (Lipinski definition) is 10. The summed E-state index contributed by atoms with van der Waals surface area (Å²) in [7, 11) is 0. The van der Waals surface area contributed by atoms with E-state index in [2.05, 4.69) is 37.2 Å². The first-order valence-corrected chi connectivity index (χ1v) is 13.5. The van der Waals surface area contributed by atoms with Crippen molar-refractivity contribution in [2.24, 2.45) is 5.73 Å². The number of benzene rings is 1. The molecule has 1 saturated heterocycles. The molecule has 2 amide bonds. The van der Waals surface area contributed by atoms with Gasteiger partial charge >= 0.3 is 0 Å². The maximum Gasteiger partial charge on any atom is 0.258 e. The van der Waals surface area contributed by atoms with Gasteiger partial charge in [0.05, 0.1) is 11.2 Å². The quantitative estimate of drug-likeness (QED) is 0.121. The molecule has 0 aliphatic carbocycles. The molecule has 0 spiro atoms. The van der Waals surface area contributed by atoms with Gasteiger partial charge in [0, 0.05) is 90.7 Å². The molecule has 37 heavy (non-hydrogen) atoms. The number of rotatable bonds is 11. The molecule has 2 aliphatic rings. The van der Waals surface area contributed by atoms with E-state index < -0.39 is 0 Å². The Hall–Kier alpha value is -2.22. The van der Waals surface area contributed by atoms with Gasteiger partial charge in [0.15, 0.2) is 0 Å². The minimum absolute atomic E-state index is 0.298. The molecule has 11 heteroatoms. The van der Waals surface area contributed by atoms with Crippen LogP contribution in [0.1, 0.15) is 12.0 Å². The molecule has 11 nitrogen and oxygen atoms in total. The first kappa shape index (κ1) is 29.3. The number of carbonyl (C=O) groups excluding carboxylic acids is 2. The van der Waals surface area contributed by atoms with Gasteiger partial charge in [-0.3, -0.25) is 9.59 Å². The number of nitrogens with one attached hydrogen (secondary N) is 7. The Balaban J connectivity index is 1.24. The number of nitrogens with zero attached hydrogens (tertiary/aromatic N) is 1.